The lowest BCUT2D eigenvalue weighted by Crippen LogP contribution is -2.43. The maximum atomic E-state index is 7.06. The summed E-state index contributed by atoms with van der Waals surface area (Å²) < 4.78 is 5.93. The number of hydrogen-bond donors (Lipinski definition) is 0. The fourth-order valence-corrected chi connectivity index (χ4v) is 7.07. The summed E-state index contributed by atoms with van der Waals surface area (Å²) >= 11 is 0. The largest absolute Gasteiger partial charge is 0.492 e. The van der Waals surface area contributed by atoms with Crippen LogP contribution in [0.15, 0.2) is 48.5 Å². The lowest BCUT2D eigenvalue weighted by molar-refractivity contribution is 0.114. The van der Waals surface area contributed by atoms with E-state index in [4.69, 9.17) is 11.3 Å². The molecule has 0 spiro atoms. The molecule has 0 radical (unpaired) electrons. The van der Waals surface area contributed by atoms with E-state index in [1.807, 2.05) is 24.3 Å². The van der Waals surface area contributed by atoms with Gasteiger partial charge in [-0.05, 0) is 105 Å². The van der Waals surface area contributed by atoms with Gasteiger partial charge in [0, 0.05) is 6.54 Å². The monoisotopic (exact) mass is 442 g/mol. The zero-order valence-electron chi connectivity index (χ0n) is 20.0. The summed E-state index contributed by atoms with van der Waals surface area (Å²) in [5, 5.41) is 0. The highest BCUT2D eigenvalue weighted by molar-refractivity contribution is 5.47. The first-order chi connectivity index (χ1) is 16.3. The fourth-order valence-electron chi connectivity index (χ4n) is 7.07. The van der Waals surface area contributed by atoms with Crippen LogP contribution in [-0.4, -0.2) is 31.1 Å². The van der Waals surface area contributed by atoms with Crippen molar-refractivity contribution in [3.8, 4) is 5.75 Å². The van der Waals surface area contributed by atoms with Crippen molar-refractivity contribution in [1.82, 2.24) is 4.90 Å². The standard InChI is InChI=1S/C30H38N2O/c1-31-27-12-14-28(15-13-27)33-22-21-32-19-16-24(17-20-32)23-30(26-9-3-4-10-26)18-6-8-25-7-2-5-11-29(25)30/h2,5,7,11-15,24,26H,3-4,6,8-10,16-23H2. The fraction of sp³-hybridized carbons (Fsp3) is 0.567. The Morgan fingerprint density at radius 2 is 1.70 bits per heavy atom. The van der Waals surface area contributed by atoms with Gasteiger partial charge >= 0.3 is 0 Å². The van der Waals surface area contributed by atoms with Gasteiger partial charge in [0.15, 0.2) is 5.69 Å². The minimum absolute atomic E-state index is 0.443. The van der Waals surface area contributed by atoms with Crippen LogP contribution in [0.25, 0.3) is 4.85 Å². The number of hydrogen-bond acceptors (Lipinski definition) is 2. The Bertz CT molecular complexity index is 948. The molecule has 3 aliphatic rings. The van der Waals surface area contributed by atoms with Gasteiger partial charge in [0.1, 0.15) is 12.4 Å². The summed E-state index contributed by atoms with van der Waals surface area (Å²) in [6, 6.07) is 16.9. The van der Waals surface area contributed by atoms with Crippen LogP contribution in [0.4, 0.5) is 5.69 Å². The number of aryl methyl sites for hydroxylation is 1. The van der Waals surface area contributed by atoms with Crippen molar-refractivity contribution >= 4 is 5.69 Å². The Hall–Kier alpha value is -2.31. The Balaban J connectivity index is 1.17. The van der Waals surface area contributed by atoms with E-state index in [0.717, 1.165) is 30.7 Å². The molecule has 1 heterocycles. The molecular formula is C30H38N2O. The molecule has 2 fully saturated rings. The molecule has 1 atom stereocenters. The predicted molar refractivity (Wildman–Crippen MR) is 135 cm³/mol. The second-order valence-corrected chi connectivity index (χ2v) is 10.6. The van der Waals surface area contributed by atoms with Crippen molar-refractivity contribution in [2.24, 2.45) is 11.8 Å². The van der Waals surface area contributed by atoms with E-state index >= 15 is 0 Å². The summed E-state index contributed by atoms with van der Waals surface area (Å²) in [4.78, 5) is 6.03. The molecule has 1 unspecified atom stereocenters. The van der Waals surface area contributed by atoms with Crippen molar-refractivity contribution in [1.29, 1.82) is 0 Å². The second kappa shape index (κ2) is 10.3. The van der Waals surface area contributed by atoms with Crippen molar-refractivity contribution in [3.05, 3.63) is 71.1 Å². The normalized spacial score (nSPS) is 24.3. The highest BCUT2D eigenvalue weighted by Gasteiger charge is 2.45. The average Bonchev–Trinajstić information content (AvgIpc) is 3.42. The molecule has 0 aromatic heterocycles. The van der Waals surface area contributed by atoms with Crippen LogP contribution in [-0.2, 0) is 11.8 Å². The van der Waals surface area contributed by atoms with Crippen LogP contribution in [0, 0.1) is 18.4 Å². The summed E-state index contributed by atoms with van der Waals surface area (Å²) in [5.74, 6) is 2.63. The quantitative estimate of drug-likeness (QED) is 0.422. The molecule has 0 N–H and O–H groups in total. The molecule has 2 aromatic rings. The van der Waals surface area contributed by atoms with Crippen LogP contribution in [0.2, 0.25) is 0 Å². The third-order valence-corrected chi connectivity index (χ3v) is 8.76. The first-order valence-electron chi connectivity index (χ1n) is 13.2. The van der Waals surface area contributed by atoms with Gasteiger partial charge < -0.3 is 4.74 Å². The van der Waals surface area contributed by atoms with Crippen molar-refractivity contribution in [2.45, 2.75) is 69.6 Å². The SMILES string of the molecule is [C-]#[N+]c1ccc(OCCN2CCC(CC3(C4CCCC4)CCCc4ccccc43)CC2)cc1. The summed E-state index contributed by atoms with van der Waals surface area (Å²) in [5.41, 5.74) is 4.48. The van der Waals surface area contributed by atoms with Crippen LogP contribution in [0.3, 0.4) is 0 Å². The number of benzene rings is 2. The van der Waals surface area contributed by atoms with E-state index < -0.39 is 0 Å². The van der Waals surface area contributed by atoms with Gasteiger partial charge in [-0.3, -0.25) is 4.90 Å². The van der Waals surface area contributed by atoms with Gasteiger partial charge in [0.25, 0.3) is 0 Å². The number of rotatable bonds is 7. The van der Waals surface area contributed by atoms with E-state index in [2.05, 4.69) is 34.0 Å². The maximum absolute atomic E-state index is 7.06. The number of fused-ring (bicyclic) bond motifs is 1. The average molecular weight is 443 g/mol. The summed E-state index contributed by atoms with van der Waals surface area (Å²) in [7, 11) is 0. The summed E-state index contributed by atoms with van der Waals surface area (Å²) in [6.07, 6.45) is 13.9. The third-order valence-electron chi connectivity index (χ3n) is 8.76. The van der Waals surface area contributed by atoms with Gasteiger partial charge in [0.05, 0.1) is 6.57 Å². The molecule has 174 valence electrons. The van der Waals surface area contributed by atoms with Crippen LogP contribution in [0.5, 0.6) is 5.75 Å². The summed E-state index contributed by atoms with van der Waals surface area (Å²) in [6.45, 7) is 11.2. The molecule has 1 saturated heterocycles. The van der Waals surface area contributed by atoms with Gasteiger partial charge in [-0.15, -0.1) is 0 Å². The Morgan fingerprint density at radius 3 is 2.45 bits per heavy atom. The molecule has 0 amide bonds. The third kappa shape index (κ3) is 4.97. The van der Waals surface area contributed by atoms with Gasteiger partial charge in [-0.1, -0.05) is 49.2 Å². The number of piperidine rings is 1. The maximum Gasteiger partial charge on any atom is 0.187 e. The second-order valence-electron chi connectivity index (χ2n) is 10.6. The number of ether oxygens (including phenoxy) is 1. The van der Waals surface area contributed by atoms with Gasteiger partial charge in [-0.2, -0.15) is 0 Å². The Morgan fingerprint density at radius 1 is 0.939 bits per heavy atom. The van der Waals surface area contributed by atoms with E-state index in [0.29, 0.717) is 11.1 Å². The van der Waals surface area contributed by atoms with Gasteiger partial charge in [-0.25, -0.2) is 4.85 Å². The minimum atomic E-state index is 0.443. The highest BCUT2D eigenvalue weighted by atomic mass is 16.5. The predicted octanol–water partition coefficient (Wildman–Crippen LogP) is 7.18. The smallest absolute Gasteiger partial charge is 0.187 e. The van der Waals surface area contributed by atoms with E-state index in [1.54, 1.807) is 11.1 Å². The van der Waals surface area contributed by atoms with Crippen LogP contribution in [0.1, 0.15) is 68.9 Å². The lowest BCUT2D eigenvalue weighted by Gasteiger charge is -2.47. The molecule has 0 bridgehead atoms. The number of likely N-dealkylation sites (tertiary alicyclic amines) is 1. The van der Waals surface area contributed by atoms with Crippen LogP contribution < -0.4 is 4.74 Å². The highest BCUT2D eigenvalue weighted by Crippen LogP contribution is 2.53. The van der Waals surface area contributed by atoms with Crippen molar-refractivity contribution in [2.75, 3.05) is 26.2 Å². The van der Waals surface area contributed by atoms with E-state index in [1.165, 1.54) is 77.3 Å². The first-order valence-corrected chi connectivity index (χ1v) is 13.2. The molecule has 33 heavy (non-hydrogen) atoms. The Labute approximate surface area is 200 Å². The molecule has 2 aliphatic carbocycles. The minimum Gasteiger partial charge on any atom is -0.492 e. The van der Waals surface area contributed by atoms with Crippen molar-refractivity contribution < 1.29 is 4.74 Å². The zero-order chi connectivity index (χ0) is 22.5. The molecule has 3 nitrogen and oxygen atoms in total. The molecule has 5 rings (SSSR count). The Kier molecular flexibility index (Phi) is 7.02. The lowest BCUT2D eigenvalue weighted by atomic mass is 9.58. The molecule has 1 saturated carbocycles. The van der Waals surface area contributed by atoms with E-state index in [9.17, 15) is 0 Å². The topological polar surface area (TPSA) is 16.8 Å². The van der Waals surface area contributed by atoms with E-state index in [-0.39, 0.29) is 0 Å². The molecule has 3 heteroatoms. The van der Waals surface area contributed by atoms with Crippen LogP contribution >= 0.6 is 0 Å². The zero-order valence-corrected chi connectivity index (χ0v) is 20.0. The van der Waals surface area contributed by atoms with Gasteiger partial charge in [0.2, 0.25) is 0 Å². The first kappa shape index (κ1) is 22.5. The molecular weight excluding hydrogens is 404 g/mol. The molecule has 2 aromatic carbocycles. The molecule has 1 aliphatic heterocycles. The van der Waals surface area contributed by atoms with Crippen molar-refractivity contribution in [3.63, 3.8) is 0 Å². The number of nitrogens with zero attached hydrogens (tertiary/aromatic N) is 2.